The van der Waals surface area contributed by atoms with Crippen LogP contribution < -0.4 is 5.73 Å². The summed E-state index contributed by atoms with van der Waals surface area (Å²) in [5.41, 5.74) is 6.05. The van der Waals surface area contributed by atoms with E-state index in [4.69, 9.17) is 10.5 Å². The summed E-state index contributed by atoms with van der Waals surface area (Å²) in [5.74, 6) is 0.673. The van der Waals surface area contributed by atoms with Gasteiger partial charge in [0, 0.05) is 31.2 Å². The van der Waals surface area contributed by atoms with E-state index in [1.807, 2.05) is 0 Å². The lowest BCUT2D eigenvalue weighted by molar-refractivity contribution is 0.0538. The number of nitrogens with zero attached hydrogens (tertiary/aromatic N) is 2. The van der Waals surface area contributed by atoms with E-state index in [0.29, 0.717) is 12.0 Å². The first-order chi connectivity index (χ1) is 9.88. The number of ether oxygens (including phenoxy) is 1. The second kappa shape index (κ2) is 7.21. The number of nitrogens with two attached hydrogens (primary N) is 1. The van der Waals surface area contributed by atoms with Crippen molar-refractivity contribution in [3.63, 3.8) is 0 Å². The highest BCUT2D eigenvalue weighted by Crippen LogP contribution is 2.26. The van der Waals surface area contributed by atoms with Gasteiger partial charge >= 0.3 is 0 Å². The molecule has 3 rings (SSSR count). The van der Waals surface area contributed by atoms with E-state index in [0.717, 1.165) is 25.8 Å². The molecule has 0 amide bonds. The zero-order valence-electron chi connectivity index (χ0n) is 12.8. The predicted octanol–water partition coefficient (Wildman–Crippen LogP) is 1.30. The van der Waals surface area contributed by atoms with Crippen LogP contribution in [-0.4, -0.2) is 67.8 Å². The van der Waals surface area contributed by atoms with Crippen molar-refractivity contribution in [3.8, 4) is 0 Å². The Kier molecular flexibility index (Phi) is 5.32. The molecule has 2 unspecified atom stereocenters. The monoisotopic (exact) mass is 281 g/mol. The van der Waals surface area contributed by atoms with Crippen molar-refractivity contribution in [2.45, 2.75) is 50.6 Å². The van der Waals surface area contributed by atoms with E-state index < -0.39 is 0 Å². The lowest BCUT2D eigenvalue weighted by Gasteiger charge is -2.43. The van der Waals surface area contributed by atoms with Crippen LogP contribution in [-0.2, 0) is 4.74 Å². The van der Waals surface area contributed by atoms with Crippen LogP contribution in [0.3, 0.4) is 0 Å². The lowest BCUT2D eigenvalue weighted by Crippen LogP contribution is -2.53. The maximum Gasteiger partial charge on any atom is 0.0510 e. The molecule has 3 aliphatic heterocycles. The Balaban J connectivity index is 1.49. The van der Waals surface area contributed by atoms with E-state index >= 15 is 0 Å². The Morgan fingerprint density at radius 3 is 2.35 bits per heavy atom. The largest absolute Gasteiger partial charge is 0.381 e. The molecule has 0 spiro atoms. The third-order valence-corrected chi connectivity index (χ3v) is 5.63. The van der Waals surface area contributed by atoms with Gasteiger partial charge in [-0.2, -0.15) is 0 Å². The highest BCUT2D eigenvalue weighted by atomic mass is 16.5. The first-order valence-electron chi connectivity index (χ1n) is 8.64. The van der Waals surface area contributed by atoms with Crippen molar-refractivity contribution in [3.05, 3.63) is 0 Å². The normalized spacial score (nSPS) is 32.5. The van der Waals surface area contributed by atoms with Crippen LogP contribution in [0.25, 0.3) is 0 Å². The van der Waals surface area contributed by atoms with Crippen molar-refractivity contribution in [1.29, 1.82) is 0 Å². The Labute approximate surface area is 123 Å². The molecule has 20 heavy (non-hydrogen) atoms. The quantitative estimate of drug-likeness (QED) is 0.843. The summed E-state index contributed by atoms with van der Waals surface area (Å²) < 4.78 is 5.56. The third kappa shape index (κ3) is 3.35. The Morgan fingerprint density at radius 2 is 1.75 bits per heavy atom. The molecule has 2 atom stereocenters. The molecule has 116 valence electrons. The maximum absolute atomic E-state index is 6.05. The first-order valence-corrected chi connectivity index (χ1v) is 8.64. The van der Waals surface area contributed by atoms with Crippen LogP contribution in [0.2, 0.25) is 0 Å². The number of likely N-dealkylation sites (tertiary alicyclic amines) is 2. The summed E-state index contributed by atoms with van der Waals surface area (Å²) in [4.78, 5) is 5.40. The summed E-state index contributed by atoms with van der Waals surface area (Å²) in [6, 6.07) is 1.39. The fourth-order valence-corrected chi connectivity index (χ4v) is 4.36. The molecule has 0 aromatic carbocycles. The van der Waals surface area contributed by atoms with Crippen molar-refractivity contribution >= 4 is 0 Å². The minimum atomic E-state index is 0.555. The van der Waals surface area contributed by atoms with Crippen LogP contribution in [0, 0.1) is 5.92 Å². The van der Waals surface area contributed by atoms with Gasteiger partial charge in [0.25, 0.3) is 0 Å². The second-order valence-electron chi connectivity index (χ2n) is 6.79. The number of hydrogen-bond acceptors (Lipinski definition) is 4. The average molecular weight is 281 g/mol. The minimum absolute atomic E-state index is 0.555. The topological polar surface area (TPSA) is 41.7 Å². The number of hydrogen-bond donors (Lipinski definition) is 1. The molecule has 4 heteroatoms. The summed E-state index contributed by atoms with van der Waals surface area (Å²) in [6.07, 6.45) is 8.13. The zero-order chi connectivity index (χ0) is 13.8. The van der Waals surface area contributed by atoms with E-state index in [-0.39, 0.29) is 0 Å². The predicted molar refractivity (Wildman–Crippen MR) is 81.8 cm³/mol. The van der Waals surface area contributed by atoms with Crippen LogP contribution in [0.15, 0.2) is 0 Å². The Bertz CT molecular complexity index is 279. The van der Waals surface area contributed by atoms with Crippen molar-refractivity contribution in [2.24, 2.45) is 11.7 Å². The van der Waals surface area contributed by atoms with Gasteiger partial charge in [-0.15, -0.1) is 0 Å². The van der Waals surface area contributed by atoms with Gasteiger partial charge in [0.15, 0.2) is 0 Å². The van der Waals surface area contributed by atoms with Crippen molar-refractivity contribution in [1.82, 2.24) is 9.80 Å². The molecule has 2 N–H and O–H groups in total. The smallest absolute Gasteiger partial charge is 0.0510 e. The van der Waals surface area contributed by atoms with Gasteiger partial charge in [-0.25, -0.2) is 0 Å². The van der Waals surface area contributed by atoms with Gasteiger partial charge in [0.1, 0.15) is 0 Å². The molecule has 0 bridgehead atoms. The zero-order valence-corrected chi connectivity index (χ0v) is 12.8. The highest BCUT2D eigenvalue weighted by Gasteiger charge is 2.33. The molecule has 0 radical (unpaired) electrons. The van der Waals surface area contributed by atoms with E-state index in [1.54, 1.807) is 0 Å². The van der Waals surface area contributed by atoms with Gasteiger partial charge < -0.3 is 15.4 Å². The molecule has 0 aromatic heterocycles. The van der Waals surface area contributed by atoms with Crippen molar-refractivity contribution in [2.75, 3.05) is 45.9 Å². The van der Waals surface area contributed by atoms with E-state index in [9.17, 15) is 0 Å². The first kappa shape index (κ1) is 14.8. The number of piperidine rings is 2. The van der Waals surface area contributed by atoms with Crippen LogP contribution >= 0.6 is 0 Å². The second-order valence-corrected chi connectivity index (χ2v) is 6.79. The minimum Gasteiger partial charge on any atom is -0.381 e. The summed E-state index contributed by atoms with van der Waals surface area (Å²) in [7, 11) is 0. The molecule has 0 saturated carbocycles. The lowest BCUT2D eigenvalue weighted by atomic mass is 9.93. The molecule has 4 nitrogen and oxygen atoms in total. The standard InChI is InChI=1S/C16H31N3O/c17-12-16(14-6-11-20-13-14)19-9-4-15(5-10-19)18-7-2-1-3-8-18/h14-16H,1-13,17H2. The third-order valence-electron chi connectivity index (χ3n) is 5.63. The van der Waals surface area contributed by atoms with Crippen molar-refractivity contribution < 1.29 is 4.74 Å². The molecule has 0 aromatic rings. The maximum atomic E-state index is 6.05. The fourth-order valence-electron chi connectivity index (χ4n) is 4.36. The summed E-state index contributed by atoms with van der Waals surface area (Å²) in [6.45, 7) is 7.80. The fraction of sp³-hybridized carbons (Fsp3) is 1.00. The molecular weight excluding hydrogens is 250 g/mol. The summed E-state index contributed by atoms with van der Waals surface area (Å²) >= 11 is 0. The van der Waals surface area contributed by atoms with E-state index in [1.165, 1.54) is 64.7 Å². The van der Waals surface area contributed by atoms with E-state index in [2.05, 4.69) is 9.80 Å². The molecule has 0 aliphatic carbocycles. The Hall–Kier alpha value is -0.160. The molecule has 3 saturated heterocycles. The molecular formula is C16H31N3O. The SMILES string of the molecule is NCC(C1CCOC1)N1CCC(N2CCCCC2)CC1. The molecule has 3 fully saturated rings. The van der Waals surface area contributed by atoms with Gasteiger partial charge in [-0.3, -0.25) is 4.90 Å². The van der Waals surface area contributed by atoms with Crippen LogP contribution in [0.1, 0.15) is 38.5 Å². The van der Waals surface area contributed by atoms with Crippen LogP contribution in [0.4, 0.5) is 0 Å². The van der Waals surface area contributed by atoms with Gasteiger partial charge in [-0.1, -0.05) is 6.42 Å². The van der Waals surface area contributed by atoms with Gasteiger partial charge in [0.05, 0.1) is 6.61 Å². The van der Waals surface area contributed by atoms with Gasteiger partial charge in [-0.05, 0) is 58.3 Å². The highest BCUT2D eigenvalue weighted by molar-refractivity contribution is 4.88. The Morgan fingerprint density at radius 1 is 1.00 bits per heavy atom. The van der Waals surface area contributed by atoms with Gasteiger partial charge in [0.2, 0.25) is 0 Å². The van der Waals surface area contributed by atoms with Crippen LogP contribution in [0.5, 0.6) is 0 Å². The average Bonchev–Trinajstić information content (AvgIpc) is 3.04. The summed E-state index contributed by atoms with van der Waals surface area (Å²) in [5, 5.41) is 0. The number of rotatable bonds is 4. The molecule has 3 aliphatic rings. The molecule has 3 heterocycles.